The fourth-order valence-corrected chi connectivity index (χ4v) is 5.26. The Morgan fingerprint density at radius 3 is 2.67 bits per heavy atom. The van der Waals surface area contributed by atoms with Gasteiger partial charge >= 0.3 is 5.97 Å². The van der Waals surface area contributed by atoms with Crippen LogP contribution >= 0.6 is 11.3 Å². The number of ether oxygens (including phenoxy) is 1. The summed E-state index contributed by atoms with van der Waals surface area (Å²) >= 11 is 1.10. The summed E-state index contributed by atoms with van der Waals surface area (Å²) < 4.78 is 28.8. The average molecular weight is 332 g/mol. The van der Waals surface area contributed by atoms with Crippen molar-refractivity contribution in [3.8, 4) is 0 Å². The predicted octanol–water partition coefficient (Wildman–Crippen LogP) is 1.76. The lowest BCUT2D eigenvalue weighted by molar-refractivity contribution is 0.0607. The standard InChI is InChI=1S/C13H20N2O4S2/c1-8-5-4-6-15(7-8)12-11(21(3,17)18)9(14)10(20-12)13(16)19-2/h8H,4-7,14H2,1-3H3. The lowest BCUT2D eigenvalue weighted by Gasteiger charge is -2.32. The van der Waals surface area contributed by atoms with E-state index < -0.39 is 15.8 Å². The van der Waals surface area contributed by atoms with Crippen molar-refractivity contribution in [2.75, 3.05) is 37.1 Å². The van der Waals surface area contributed by atoms with Gasteiger partial charge in [-0.25, -0.2) is 13.2 Å². The fraction of sp³-hybridized carbons (Fsp3) is 0.615. The highest BCUT2D eigenvalue weighted by Gasteiger charge is 2.31. The summed E-state index contributed by atoms with van der Waals surface area (Å²) in [7, 11) is -2.26. The van der Waals surface area contributed by atoms with E-state index in [0.717, 1.165) is 43.5 Å². The number of nitrogens with two attached hydrogens (primary N) is 1. The van der Waals surface area contributed by atoms with Crippen LogP contribution in [0.25, 0.3) is 0 Å². The van der Waals surface area contributed by atoms with Crippen molar-refractivity contribution >= 4 is 37.8 Å². The Kier molecular flexibility index (Phi) is 4.48. The lowest BCUT2D eigenvalue weighted by Crippen LogP contribution is -2.34. The molecule has 0 saturated carbocycles. The van der Waals surface area contributed by atoms with Crippen molar-refractivity contribution < 1.29 is 17.9 Å². The largest absolute Gasteiger partial charge is 0.465 e. The zero-order chi connectivity index (χ0) is 15.8. The Hall–Kier alpha value is -1.28. The van der Waals surface area contributed by atoms with Gasteiger partial charge in [0.25, 0.3) is 0 Å². The molecular weight excluding hydrogens is 312 g/mol. The summed E-state index contributed by atoms with van der Waals surface area (Å²) in [6.45, 7) is 3.67. The lowest BCUT2D eigenvalue weighted by atomic mass is 10.0. The van der Waals surface area contributed by atoms with E-state index in [1.54, 1.807) is 0 Å². The number of rotatable bonds is 3. The molecular formula is C13H20N2O4S2. The number of thiophene rings is 1. The minimum atomic E-state index is -3.52. The van der Waals surface area contributed by atoms with Crippen molar-refractivity contribution in [2.45, 2.75) is 24.7 Å². The first-order valence-corrected chi connectivity index (χ1v) is 9.42. The Bertz CT molecular complexity index is 651. The molecule has 8 heteroatoms. The molecule has 2 N–H and O–H groups in total. The van der Waals surface area contributed by atoms with Gasteiger partial charge in [-0.15, -0.1) is 11.3 Å². The molecule has 0 spiro atoms. The second-order valence-electron chi connectivity index (χ2n) is 5.44. The van der Waals surface area contributed by atoms with Crippen molar-refractivity contribution in [1.82, 2.24) is 0 Å². The van der Waals surface area contributed by atoms with Crippen LogP contribution in [0.3, 0.4) is 0 Å². The molecule has 118 valence electrons. The minimum Gasteiger partial charge on any atom is -0.465 e. The molecule has 0 bridgehead atoms. The minimum absolute atomic E-state index is 0.00239. The van der Waals surface area contributed by atoms with E-state index >= 15 is 0 Å². The van der Waals surface area contributed by atoms with Gasteiger partial charge in [-0.1, -0.05) is 6.92 Å². The maximum atomic E-state index is 12.1. The van der Waals surface area contributed by atoms with Gasteiger partial charge in [-0.05, 0) is 18.8 Å². The number of hydrogen-bond acceptors (Lipinski definition) is 7. The third-order valence-electron chi connectivity index (χ3n) is 3.57. The number of carbonyl (C=O) groups excluding carboxylic acids is 1. The molecule has 0 amide bonds. The zero-order valence-electron chi connectivity index (χ0n) is 12.4. The van der Waals surface area contributed by atoms with E-state index in [0.29, 0.717) is 10.9 Å². The average Bonchev–Trinajstić information content (AvgIpc) is 2.75. The molecule has 0 radical (unpaired) electrons. The van der Waals surface area contributed by atoms with Gasteiger partial charge in [0.15, 0.2) is 9.84 Å². The Balaban J connectivity index is 2.56. The van der Waals surface area contributed by atoms with E-state index in [9.17, 15) is 13.2 Å². The van der Waals surface area contributed by atoms with Crippen molar-refractivity contribution in [2.24, 2.45) is 5.92 Å². The molecule has 2 heterocycles. The van der Waals surface area contributed by atoms with E-state index in [1.807, 2.05) is 4.90 Å². The number of piperidine rings is 1. The van der Waals surface area contributed by atoms with Crippen LogP contribution in [0.15, 0.2) is 4.90 Å². The zero-order valence-corrected chi connectivity index (χ0v) is 14.0. The molecule has 1 aromatic rings. The van der Waals surface area contributed by atoms with Gasteiger partial charge in [0.2, 0.25) is 0 Å². The molecule has 1 unspecified atom stereocenters. The molecule has 0 aliphatic carbocycles. The Morgan fingerprint density at radius 2 is 2.14 bits per heavy atom. The van der Waals surface area contributed by atoms with Crippen molar-refractivity contribution in [1.29, 1.82) is 0 Å². The molecule has 1 fully saturated rings. The second kappa shape index (κ2) is 5.84. The third kappa shape index (κ3) is 3.16. The van der Waals surface area contributed by atoms with Crippen molar-refractivity contribution in [3.05, 3.63) is 4.88 Å². The summed E-state index contributed by atoms with van der Waals surface area (Å²) in [5.74, 6) is -0.116. The number of nitrogen functional groups attached to an aromatic ring is 1. The van der Waals surface area contributed by atoms with Crippen LogP contribution in [0.5, 0.6) is 0 Å². The molecule has 21 heavy (non-hydrogen) atoms. The van der Waals surface area contributed by atoms with Crippen LogP contribution in [0, 0.1) is 5.92 Å². The van der Waals surface area contributed by atoms with Crippen molar-refractivity contribution in [3.63, 3.8) is 0 Å². The van der Waals surface area contributed by atoms with Crippen LogP contribution in [0.2, 0.25) is 0 Å². The SMILES string of the molecule is COC(=O)c1sc(N2CCCC(C)C2)c(S(C)(=O)=O)c1N. The Morgan fingerprint density at radius 1 is 1.48 bits per heavy atom. The highest BCUT2D eigenvalue weighted by molar-refractivity contribution is 7.91. The van der Waals surface area contributed by atoms with E-state index in [-0.39, 0.29) is 15.5 Å². The first-order valence-electron chi connectivity index (χ1n) is 6.71. The fourth-order valence-electron chi connectivity index (χ4n) is 2.60. The molecule has 1 aliphatic rings. The summed E-state index contributed by atoms with van der Waals surface area (Å²) in [6, 6.07) is 0. The smallest absolute Gasteiger partial charge is 0.350 e. The molecule has 1 saturated heterocycles. The van der Waals surface area contributed by atoms with Gasteiger partial charge < -0.3 is 15.4 Å². The first-order chi connectivity index (χ1) is 9.75. The number of sulfone groups is 1. The molecule has 0 aromatic carbocycles. The van der Waals surface area contributed by atoms with Crippen LogP contribution in [0.4, 0.5) is 10.7 Å². The highest BCUT2D eigenvalue weighted by atomic mass is 32.2. The maximum absolute atomic E-state index is 12.1. The topological polar surface area (TPSA) is 89.7 Å². The first kappa shape index (κ1) is 16.1. The summed E-state index contributed by atoms with van der Waals surface area (Å²) in [6.07, 6.45) is 3.23. The quantitative estimate of drug-likeness (QED) is 0.848. The van der Waals surface area contributed by atoms with E-state index in [2.05, 4.69) is 11.7 Å². The molecule has 1 aliphatic heterocycles. The monoisotopic (exact) mass is 332 g/mol. The van der Waals surface area contributed by atoms with E-state index in [4.69, 9.17) is 5.73 Å². The number of anilines is 2. The number of methoxy groups -OCH3 is 1. The Labute approximate surface area is 128 Å². The van der Waals surface area contributed by atoms with Crippen LogP contribution in [-0.2, 0) is 14.6 Å². The number of nitrogens with zero attached hydrogens (tertiary/aromatic N) is 1. The van der Waals surface area contributed by atoms with Gasteiger partial charge in [0.1, 0.15) is 14.8 Å². The summed E-state index contributed by atoms with van der Waals surface area (Å²) in [4.78, 5) is 14.0. The van der Waals surface area contributed by atoms with Crippen LogP contribution < -0.4 is 10.6 Å². The second-order valence-corrected chi connectivity index (χ2v) is 8.39. The molecule has 1 atom stereocenters. The van der Waals surface area contributed by atoms with Gasteiger partial charge in [0.05, 0.1) is 12.8 Å². The molecule has 6 nitrogen and oxygen atoms in total. The summed E-state index contributed by atoms with van der Waals surface area (Å²) in [5, 5.41) is 0.557. The maximum Gasteiger partial charge on any atom is 0.350 e. The van der Waals surface area contributed by atoms with Crippen LogP contribution in [-0.4, -0.2) is 40.8 Å². The third-order valence-corrected chi connectivity index (χ3v) is 6.10. The number of esters is 1. The van der Waals surface area contributed by atoms with Gasteiger partial charge in [0, 0.05) is 19.3 Å². The molecule has 2 rings (SSSR count). The summed E-state index contributed by atoms with van der Waals surface area (Å²) in [5.41, 5.74) is 5.91. The number of carbonyl (C=O) groups is 1. The number of hydrogen-bond donors (Lipinski definition) is 1. The van der Waals surface area contributed by atoms with E-state index in [1.165, 1.54) is 7.11 Å². The predicted molar refractivity (Wildman–Crippen MR) is 83.8 cm³/mol. The normalized spacial score (nSPS) is 19.6. The molecule has 1 aromatic heterocycles. The highest BCUT2D eigenvalue weighted by Crippen LogP contribution is 2.43. The van der Waals surface area contributed by atoms with Gasteiger partial charge in [-0.3, -0.25) is 0 Å². The van der Waals surface area contributed by atoms with Gasteiger partial charge in [-0.2, -0.15) is 0 Å². The van der Waals surface area contributed by atoms with Crippen LogP contribution in [0.1, 0.15) is 29.4 Å².